The van der Waals surface area contributed by atoms with Crippen LogP contribution < -0.4 is 30.6 Å². The van der Waals surface area contributed by atoms with Crippen LogP contribution in [0, 0.1) is 0 Å². The number of rotatable bonds is 6. The lowest BCUT2D eigenvalue weighted by atomic mass is 10.0. The number of benzene rings is 6. The Morgan fingerprint density at radius 2 is 0.596 bits per heavy atom. The summed E-state index contributed by atoms with van der Waals surface area (Å²) in [7, 11) is -3.43. The first-order valence-electron chi connectivity index (χ1n) is 15.7. The van der Waals surface area contributed by atoms with E-state index in [0.29, 0.717) is 0 Å². The summed E-state index contributed by atoms with van der Waals surface area (Å²) >= 11 is 0. The lowest BCUT2D eigenvalue weighted by Gasteiger charge is -2.50. The minimum absolute atomic E-state index is 0.842. The largest absolute Gasteiger partial charge is 0.308 e. The zero-order valence-corrected chi connectivity index (χ0v) is 26.6. The van der Waals surface area contributed by atoms with Crippen LogP contribution in [0.15, 0.2) is 147 Å². The molecule has 4 nitrogen and oxygen atoms in total. The van der Waals surface area contributed by atoms with Crippen LogP contribution in [-0.2, 0) is 4.57 Å². The maximum Gasteiger partial charge on any atom is 0.183 e. The summed E-state index contributed by atoms with van der Waals surface area (Å²) in [5.41, 5.74) is 11.4. The van der Waals surface area contributed by atoms with Gasteiger partial charge in [0, 0.05) is 0 Å². The number of hydrogen-bond acceptors (Lipinski definition) is 4. The average Bonchev–Trinajstić information content (AvgIpc) is 3.12. The van der Waals surface area contributed by atoms with E-state index in [4.69, 9.17) is 0 Å². The van der Waals surface area contributed by atoms with E-state index in [1.54, 1.807) is 0 Å². The molecule has 6 aromatic rings. The third kappa shape index (κ3) is 3.51. The monoisotopic (exact) mass is 623 g/mol. The molecule has 3 aliphatic rings. The summed E-state index contributed by atoms with van der Waals surface area (Å²) in [6, 6.07) is 43.7. The maximum atomic E-state index is 16.7. The fourth-order valence-electron chi connectivity index (χ4n) is 7.70. The first-order chi connectivity index (χ1) is 23.1. The van der Waals surface area contributed by atoms with Crippen molar-refractivity contribution < 1.29 is 4.57 Å². The molecular weight excluding hydrogens is 593 g/mol. The molecule has 5 heteroatoms. The first-order valence-corrected chi connectivity index (χ1v) is 17.4. The molecule has 3 heterocycles. The lowest BCUT2D eigenvalue weighted by molar-refractivity contribution is 0.592. The molecule has 6 aromatic carbocycles. The van der Waals surface area contributed by atoms with E-state index in [0.717, 1.165) is 83.8 Å². The Hall–Kier alpha value is -5.83. The van der Waals surface area contributed by atoms with Crippen molar-refractivity contribution in [2.45, 2.75) is 0 Å². The van der Waals surface area contributed by atoms with E-state index in [1.165, 1.54) is 0 Å². The van der Waals surface area contributed by atoms with E-state index in [2.05, 4.69) is 125 Å². The van der Waals surface area contributed by atoms with Gasteiger partial charge >= 0.3 is 0 Å². The minimum atomic E-state index is -3.43. The molecule has 0 bridgehead atoms. The number of hydrogen-bond donors (Lipinski definition) is 0. The average molecular weight is 624 g/mol. The van der Waals surface area contributed by atoms with Crippen molar-refractivity contribution in [1.82, 2.24) is 0 Å². The van der Waals surface area contributed by atoms with Gasteiger partial charge < -0.3 is 19.3 Å². The van der Waals surface area contributed by atoms with E-state index < -0.39 is 7.14 Å². The maximum absolute atomic E-state index is 16.7. The van der Waals surface area contributed by atoms with Gasteiger partial charge in [0.05, 0.1) is 67.1 Å². The van der Waals surface area contributed by atoms with Crippen LogP contribution in [0.1, 0.15) is 16.7 Å². The highest BCUT2D eigenvalue weighted by molar-refractivity contribution is 7.87. The molecule has 0 saturated carbocycles. The molecule has 0 aliphatic carbocycles. The minimum Gasteiger partial charge on any atom is -0.308 e. The summed E-state index contributed by atoms with van der Waals surface area (Å²) in [6.45, 7) is 12.5. The Bertz CT molecular complexity index is 2060. The van der Waals surface area contributed by atoms with Gasteiger partial charge in [0.1, 0.15) is 0 Å². The quantitative estimate of drug-likeness (QED) is 0.172. The van der Waals surface area contributed by atoms with Crippen molar-refractivity contribution in [2.24, 2.45) is 0 Å². The van der Waals surface area contributed by atoms with Gasteiger partial charge in [0.2, 0.25) is 0 Å². The summed E-state index contributed by atoms with van der Waals surface area (Å²) < 4.78 is 16.7. The van der Waals surface area contributed by atoms with Crippen molar-refractivity contribution >= 4 is 92.5 Å². The second-order valence-electron chi connectivity index (χ2n) is 11.8. The zero-order chi connectivity index (χ0) is 31.9. The third-order valence-corrected chi connectivity index (χ3v) is 12.8. The normalized spacial score (nSPS) is 14.3. The van der Waals surface area contributed by atoms with Gasteiger partial charge in [-0.25, -0.2) is 0 Å². The molecule has 0 spiro atoms. The molecule has 0 atom stereocenters. The number of para-hydroxylation sites is 3. The molecule has 0 N–H and O–H groups in total. The topological polar surface area (TPSA) is 26.8 Å². The fourth-order valence-corrected chi connectivity index (χ4v) is 11.4. The SMILES string of the molecule is C=Cc1ccccc1N1c2cccc3c2P2(=O)c4c1cccc4N(c1ccccc1C=C)c1cccc(c12)N3c1ccccc1C=C. The van der Waals surface area contributed by atoms with E-state index in [-0.39, 0.29) is 0 Å². The highest BCUT2D eigenvalue weighted by Gasteiger charge is 2.54. The highest BCUT2D eigenvalue weighted by atomic mass is 31.2. The fraction of sp³-hybridized carbons (Fsp3) is 0. The predicted octanol–water partition coefficient (Wildman–Crippen LogP) is 10.6. The van der Waals surface area contributed by atoms with E-state index >= 15 is 4.57 Å². The summed E-state index contributed by atoms with van der Waals surface area (Å²) in [5, 5.41) is 2.53. The van der Waals surface area contributed by atoms with Crippen molar-refractivity contribution in [3.05, 3.63) is 164 Å². The molecule has 0 saturated heterocycles. The van der Waals surface area contributed by atoms with E-state index in [9.17, 15) is 0 Å². The molecule has 0 amide bonds. The first kappa shape index (κ1) is 27.5. The van der Waals surface area contributed by atoms with Gasteiger partial charge in [-0.1, -0.05) is 111 Å². The Labute approximate surface area is 274 Å². The molecule has 0 radical (unpaired) electrons. The lowest BCUT2D eigenvalue weighted by Crippen LogP contribution is -2.47. The second kappa shape index (κ2) is 10.1. The Kier molecular flexibility index (Phi) is 5.90. The predicted molar refractivity (Wildman–Crippen MR) is 201 cm³/mol. The van der Waals surface area contributed by atoms with Gasteiger partial charge in [-0.2, -0.15) is 0 Å². The second-order valence-corrected chi connectivity index (χ2v) is 14.4. The Morgan fingerprint density at radius 1 is 0.362 bits per heavy atom. The third-order valence-electron chi connectivity index (χ3n) is 9.56. The van der Waals surface area contributed by atoms with Crippen molar-refractivity contribution in [2.75, 3.05) is 14.7 Å². The van der Waals surface area contributed by atoms with Gasteiger partial charge in [-0.3, -0.25) is 0 Å². The molecule has 0 unspecified atom stereocenters. The van der Waals surface area contributed by atoms with Crippen molar-refractivity contribution in [3.8, 4) is 0 Å². The smallest absolute Gasteiger partial charge is 0.183 e. The Morgan fingerprint density at radius 3 is 0.851 bits per heavy atom. The van der Waals surface area contributed by atoms with Crippen molar-refractivity contribution in [1.29, 1.82) is 0 Å². The number of anilines is 9. The standard InChI is InChI=1S/C42H30N3OP/c1-4-28-16-7-10-19-31(28)43-34-22-13-24-36-40(34)47(46)41-35(43)23-14-25-37(41)45(33-21-12-9-18-30(33)6-3)39-27-15-26-38(42(39)47)44(36)32-20-11-8-17-29(32)5-2/h4-27H,1-3H2. The van der Waals surface area contributed by atoms with Crippen LogP contribution in [0.5, 0.6) is 0 Å². The van der Waals surface area contributed by atoms with Gasteiger partial charge in [-0.05, 0) is 71.3 Å². The van der Waals surface area contributed by atoms with Crippen LogP contribution in [0.25, 0.3) is 18.2 Å². The van der Waals surface area contributed by atoms with Crippen LogP contribution in [-0.4, -0.2) is 0 Å². The van der Waals surface area contributed by atoms with Crippen LogP contribution in [0.2, 0.25) is 0 Å². The Balaban J connectivity index is 1.49. The van der Waals surface area contributed by atoms with Gasteiger partial charge in [0.15, 0.2) is 7.14 Å². The van der Waals surface area contributed by atoms with Crippen LogP contribution in [0.4, 0.5) is 51.2 Å². The van der Waals surface area contributed by atoms with Gasteiger partial charge in [-0.15, -0.1) is 0 Å². The molecular formula is C42H30N3OP. The zero-order valence-electron chi connectivity index (χ0n) is 25.7. The molecule has 0 fully saturated rings. The summed E-state index contributed by atoms with van der Waals surface area (Å²) in [5.74, 6) is 0. The summed E-state index contributed by atoms with van der Waals surface area (Å²) in [4.78, 5) is 6.83. The van der Waals surface area contributed by atoms with E-state index in [1.807, 2.05) is 54.6 Å². The molecule has 9 rings (SSSR count). The molecule has 0 aromatic heterocycles. The summed E-state index contributed by atoms with van der Waals surface area (Å²) in [6.07, 6.45) is 5.67. The van der Waals surface area contributed by atoms with Gasteiger partial charge in [0.25, 0.3) is 0 Å². The number of nitrogens with zero attached hydrogens (tertiary/aromatic N) is 3. The molecule has 47 heavy (non-hydrogen) atoms. The van der Waals surface area contributed by atoms with Crippen LogP contribution >= 0.6 is 7.14 Å². The van der Waals surface area contributed by atoms with Crippen LogP contribution in [0.3, 0.4) is 0 Å². The molecule has 224 valence electrons. The van der Waals surface area contributed by atoms with Crippen molar-refractivity contribution in [3.63, 3.8) is 0 Å². The molecule has 3 aliphatic heterocycles. The highest BCUT2D eigenvalue weighted by Crippen LogP contribution is 2.67.